The van der Waals surface area contributed by atoms with Crippen molar-refractivity contribution >= 4 is 16.5 Å². The van der Waals surface area contributed by atoms with E-state index in [4.69, 9.17) is 5.73 Å². The molecule has 1 unspecified atom stereocenters. The third-order valence-corrected chi connectivity index (χ3v) is 1.70. The van der Waals surface area contributed by atoms with Crippen LogP contribution in [0, 0.1) is 0 Å². The molecule has 0 aliphatic carbocycles. The molecule has 5 heteroatoms. The first-order valence-electron chi connectivity index (χ1n) is 3.07. The van der Waals surface area contributed by atoms with E-state index in [-0.39, 0.29) is 0 Å². The lowest BCUT2D eigenvalue weighted by Crippen LogP contribution is -2.24. The second-order valence-electron chi connectivity index (χ2n) is 2.06. The molecule has 10 heavy (non-hydrogen) atoms. The van der Waals surface area contributed by atoms with Crippen LogP contribution in [0.25, 0.3) is 0 Å². The first-order valence-corrected chi connectivity index (χ1v) is 3.84. The van der Waals surface area contributed by atoms with Gasteiger partial charge in [0.2, 0.25) is 0 Å². The van der Waals surface area contributed by atoms with Crippen molar-refractivity contribution < 1.29 is 0 Å². The molecule has 56 valence electrons. The largest absolute Gasteiger partial charge is 0.371 e. The monoisotopic (exact) mass is 158 g/mol. The fourth-order valence-electron chi connectivity index (χ4n) is 0.533. The van der Waals surface area contributed by atoms with Crippen molar-refractivity contribution in [3.63, 3.8) is 0 Å². The first kappa shape index (κ1) is 7.43. The van der Waals surface area contributed by atoms with Crippen LogP contribution in [-0.2, 0) is 0 Å². The molecule has 0 bridgehead atoms. The maximum atomic E-state index is 5.39. The van der Waals surface area contributed by atoms with Gasteiger partial charge in [0.25, 0.3) is 0 Å². The van der Waals surface area contributed by atoms with Gasteiger partial charge in [0, 0.05) is 24.1 Å². The molecule has 0 aliphatic rings. The summed E-state index contributed by atoms with van der Waals surface area (Å²) >= 11 is 1.34. The van der Waals surface area contributed by atoms with E-state index in [2.05, 4.69) is 14.9 Å². The summed E-state index contributed by atoms with van der Waals surface area (Å²) in [5, 5.41) is 7.79. The van der Waals surface area contributed by atoms with E-state index >= 15 is 0 Å². The summed E-state index contributed by atoms with van der Waals surface area (Å²) in [6.45, 7) is 2.64. The van der Waals surface area contributed by atoms with Gasteiger partial charge in [0.05, 0.1) is 6.20 Å². The van der Waals surface area contributed by atoms with Crippen LogP contribution in [0.15, 0.2) is 6.20 Å². The Hall–Kier alpha value is -0.680. The molecule has 1 aromatic heterocycles. The number of nitrogens with one attached hydrogen (secondary N) is 1. The highest BCUT2D eigenvalue weighted by Crippen LogP contribution is 2.09. The van der Waals surface area contributed by atoms with Crippen molar-refractivity contribution in [2.45, 2.75) is 13.0 Å². The molecule has 4 nitrogen and oxygen atoms in total. The second-order valence-corrected chi connectivity index (χ2v) is 2.85. The number of hydrogen-bond donors (Lipinski definition) is 2. The zero-order chi connectivity index (χ0) is 7.40. The highest BCUT2D eigenvalue weighted by atomic mass is 32.1. The number of rotatable bonds is 3. The zero-order valence-corrected chi connectivity index (χ0v) is 6.56. The van der Waals surface area contributed by atoms with Crippen molar-refractivity contribution in [1.82, 2.24) is 9.59 Å². The van der Waals surface area contributed by atoms with E-state index in [1.54, 1.807) is 6.20 Å². The molecule has 0 aliphatic heterocycles. The van der Waals surface area contributed by atoms with Gasteiger partial charge >= 0.3 is 0 Å². The third-order valence-electron chi connectivity index (χ3n) is 1.10. The smallest absolute Gasteiger partial charge is 0.130 e. The number of nitrogens with zero attached hydrogens (tertiary/aromatic N) is 2. The Morgan fingerprint density at radius 2 is 2.70 bits per heavy atom. The van der Waals surface area contributed by atoms with E-state index in [1.165, 1.54) is 11.5 Å². The molecule has 1 atom stereocenters. The van der Waals surface area contributed by atoms with Crippen LogP contribution in [0.5, 0.6) is 0 Å². The van der Waals surface area contributed by atoms with E-state index in [9.17, 15) is 0 Å². The number of hydrogen-bond acceptors (Lipinski definition) is 5. The van der Waals surface area contributed by atoms with Gasteiger partial charge in [0.1, 0.15) is 5.00 Å². The molecular weight excluding hydrogens is 148 g/mol. The minimum Gasteiger partial charge on any atom is -0.371 e. The van der Waals surface area contributed by atoms with Crippen molar-refractivity contribution in [2.24, 2.45) is 5.73 Å². The van der Waals surface area contributed by atoms with Crippen LogP contribution in [0.3, 0.4) is 0 Å². The molecule has 3 N–H and O–H groups in total. The maximum Gasteiger partial charge on any atom is 0.130 e. The van der Waals surface area contributed by atoms with Crippen molar-refractivity contribution in [3.05, 3.63) is 6.20 Å². The van der Waals surface area contributed by atoms with Crippen LogP contribution < -0.4 is 11.1 Å². The highest BCUT2D eigenvalue weighted by molar-refractivity contribution is 7.09. The highest BCUT2D eigenvalue weighted by Gasteiger charge is 1.99. The summed E-state index contributed by atoms with van der Waals surface area (Å²) in [4.78, 5) is 0. The van der Waals surface area contributed by atoms with Crippen LogP contribution >= 0.6 is 11.5 Å². The first-order chi connectivity index (χ1) is 4.83. The average Bonchev–Trinajstić information content (AvgIpc) is 2.40. The SMILES string of the molecule is CC(CN)Nc1cnns1. The van der Waals surface area contributed by atoms with Gasteiger partial charge in [-0.05, 0) is 6.92 Å². The molecule has 1 aromatic rings. The van der Waals surface area contributed by atoms with E-state index in [0.717, 1.165) is 5.00 Å². The van der Waals surface area contributed by atoms with Gasteiger partial charge in [0.15, 0.2) is 0 Å². The predicted octanol–water partition coefficient (Wildman–Crippen LogP) is 0.297. The Bertz CT molecular complexity index is 174. The summed E-state index contributed by atoms with van der Waals surface area (Å²) in [5.74, 6) is 0. The Balaban J connectivity index is 2.40. The molecule has 0 saturated heterocycles. The Morgan fingerprint density at radius 1 is 1.90 bits per heavy atom. The standard InChI is InChI=1S/C5H10N4S/c1-4(2-6)8-5-3-7-9-10-5/h3-4,8H,2,6H2,1H3. The normalized spacial score (nSPS) is 13.0. The molecule has 1 rings (SSSR count). The molecule has 0 amide bonds. The third kappa shape index (κ3) is 1.93. The molecule has 0 radical (unpaired) electrons. The lowest BCUT2D eigenvalue weighted by atomic mass is 10.3. The van der Waals surface area contributed by atoms with Crippen LogP contribution in [0.4, 0.5) is 5.00 Å². The van der Waals surface area contributed by atoms with Gasteiger partial charge in [-0.1, -0.05) is 4.49 Å². The number of anilines is 1. The van der Waals surface area contributed by atoms with Gasteiger partial charge in [-0.3, -0.25) is 0 Å². The van der Waals surface area contributed by atoms with Crippen LogP contribution in [-0.4, -0.2) is 22.2 Å². The predicted molar refractivity (Wildman–Crippen MR) is 42.0 cm³/mol. The number of aromatic nitrogens is 2. The van der Waals surface area contributed by atoms with Gasteiger partial charge in [-0.25, -0.2) is 0 Å². The zero-order valence-electron chi connectivity index (χ0n) is 5.74. The topological polar surface area (TPSA) is 63.8 Å². The summed E-state index contributed by atoms with van der Waals surface area (Å²) in [5.41, 5.74) is 5.39. The van der Waals surface area contributed by atoms with Gasteiger partial charge in [-0.2, -0.15) is 0 Å². The second kappa shape index (κ2) is 3.48. The Kier molecular flexibility index (Phi) is 2.58. The van der Waals surface area contributed by atoms with Crippen LogP contribution in [0.1, 0.15) is 6.92 Å². The fourth-order valence-corrected chi connectivity index (χ4v) is 1.06. The van der Waals surface area contributed by atoms with Gasteiger partial charge in [-0.15, -0.1) is 5.10 Å². The van der Waals surface area contributed by atoms with Crippen LogP contribution in [0.2, 0.25) is 0 Å². The minimum atomic E-state index is 0.294. The Labute approximate surface area is 63.6 Å². The summed E-state index contributed by atoms with van der Waals surface area (Å²) in [7, 11) is 0. The summed E-state index contributed by atoms with van der Waals surface area (Å²) < 4.78 is 3.70. The maximum absolute atomic E-state index is 5.39. The lowest BCUT2D eigenvalue weighted by molar-refractivity contribution is 0.806. The minimum absolute atomic E-state index is 0.294. The number of nitrogens with two attached hydrogens (primary N) is 1. The van der Waals surface area contributed by atoms with Crippen molar-refractivity contribution in [1.29, 1.82) is 0 Å². The average molecular weight is 158 g/mol. The Morgan fingerprint density at radius 3 is 3.20 bits per heavy atom. The van der Waals surface area contributed by atoms with E-state index in [1.807, 2.05) is 6.92 Å². The van der Waals surface area contributed by atoms with Gasteiger partial charge < -0.3 is 11.1 Å². The summed E-state index contributed by atoms with van der Waals surface area (Å²) in [6.07, 6.45) is 1.69. The molecule has 0 aromatic carbocycles. The molecule has 0 fully saturated rings. The molecule has 0 spiro atoms. The summed E-state index contributed by atoms with van der Waals surface area (Å²) in [6, 6.07) is 0.294. The van der Waals surface area contributed by atoms with E-state index in [0.29, 0.717) is 12.6 Å². The quantitative estimate of drug-likeness (QED) is 0.664. The lowest BCUT2D eigenvalue weighted by Gasteiger charge is -2.08. The molecule has 0 saturated carbocycles. The van der Waals surface area contributed by atoms with E-state index < -0.39 is 0 Å². The van der Waals surface area contributed by atoms with Crippen molar-refractivity contribution in [2.75, 3.05) is 11.9 Å². The fraction of sp³-hybridized carbons (Fsp3) is 0.600. The molecule has 1 heterocycles. The van der Waals surface area contributed by atoms with Crippen molar-refractivity contribution in [3.8, 4) is 0 Å². The molecular formula is C5H10N4S.